The summed E-state index contributed by atoms with van der Waals surface area (Å²) in [6.07, 6.45) is -0.657. The van der Waals surface area contributed by atoms with Crippen LogP contribution in [0.3, 0.4) is 0 Å². The van der Waals surface area contributed by atoms with Crippen molar-refractivity contribution in [3.8, 4) is 5.75 Å². The zero-order valence-corrected chi connectivity index (χ0v) is 17.3. The first-order valence-electron chi connectivity index (χ1n) is 7.96. The summed E-state index contributed by atoms with van der Waals surface area (Å²) in [4.78, 5) is 12.3. The Bertz CT molecular complexity index is 726. The molecule has 1 aromatic heterocycles. The first-order valence-corrected chi connectivity index (χ1v) is 10.1. The number of hydrogen-bond donors (Lipinski definition) is 1. The highest BCUT2D eigenvalue weighted by Crippen LogP contribution is 2.28. The van der Waals surface area contributed by atoms with Crippen LogP contribution in [0.5, 0.6) is 5.75 Å². The Hall–Kier alpha value is -1.31. The van der Waals surface area contributed by atoms with Crippen molar-refractivity contribution in [2.75, 3.05) is 11.1 Å². The van der Waals surface area contributed by atoms with Crippen molar-refractivity contribution < 1.29 is 9.53 Å². The molecule has 8 heteroatoms. The molecule has 0 aliphatic heterocycles. The third-order valence-electron chi connectivity index (χ3n) is 3.27. The van der Waals surface area contributed by atoms with E-state index in [1.807, 2.05) is 26.0 Å². The molecule has 5 nitrogen and oxygen atoms in total. The topological polar surface area (TPSA) is 64.1 Å². The second-order valence-corrected chi connectivity index (χ2v) is 8.82. The number of halogens is 1. The van der Waals surface area contributed by atoms with Crippen molar-refractivity contribution >= 4 is 45.7 Å². The number of amides is 1. The number of carbonyl (C=O) groups excluding carboxylic acids is 1. The fraction of sp³-hybridized carbons (Fsp3) is 0.471. The molecule has 2 aromatic rings. The molecule has 0 aliphatic rings. The lowest BCUT2D eigenvalue weighted by Crippen LogP contribution is -2.30. The van der Waals surface area contributed by atoms with E-state index in [0.29, 0.717) is 21.8 Å². The molecule has 0 unspecified atom stereocenters. The van der Waals surface area contributed by atoms with Crippen LogP contribution < -0.4 is 10.1 Å². The molecule has 0 bridgehead atoms. The molecule has 0 saturated heterocycles. The van der Waals surface area contributed by atoms with E-state index in [1.54, 1.807) is 18.7 Å². The quantitative estimate of drug-likeness (QED) is 0.526. The van der Waals surface area contributed by atoms with Crippen LogP contribution in [-0.4, -0.2) is 28.0 Å². The van der Waals surface area contributed by atoms with Gasteiger partial charge in [-0.1, -0.05) is 48.5 Å². The number of thioether (sulfide) groups is 1. The minimum Gasteiger partial charge on any atom is -0.481 e. The van der Waals surface area contributed by atoms with Gasteiger partial charge >= 0.3 is 0 Å². The lowest BCUT2D eigenvalue weighted by atomic mass is 10.1. The Morgan fingerprint density at radius 3 is 2.52 bits per heavy atom. The van der Waals surface area contributed by atoms with Gasteiger partial charge in [0.25, 0.3) is 5.91 Å². The number of aromatic nitrogens is 2. The summed E-state index contributed by atoms with van der Waals surface area (Å²) in [6.45, 7) is 9.81. The summed E-state index contributed by atoms with van der Waals surface area (Å²) in [5, 5.41) is 12.0. The monoisotopic (exact) mass is 399 g/mol. The molecule has 1 aromatic carbocycles. The first kappa shape index (κ1) is 20.0. The van der Waals surface area contributed by atoms with Gasteiger partial charge in [0, 0.05) is 10.8 Å². The smallest absolute Gasteiger partial charge is 0.266 e. The van der Waals surface area contributed by atoms with Crippen molar-refractivity contribution in [3.05, 3.63) is 28.3 Å². The summed E-state index contributed by atoms with van der Waals surface area (Å²) in [7, 11) is 0. The molecule has 25 heavy (non-hydrogen) atoms. The fourth-order valence-electron chi connectivity index (χ4n) is 2.00. The van der Waals surface area contributed by atoms with Gasteiger partial charge in [0.15, 0.2) is 10.4 Å². The SMILES string of the molecule is Cc1cc(O[C@H](C)C(=O)Nc2nnc(SCC(C)C)s2)cc(C)c1Cl. The second kappa shape index (κ2) is 8.87. The van der Waals surface area contributed by atoms with E-state index in [2.05, 4.69) is 29.4 Å². The van der Waals surface area contributed by atoms with Gasteiger partial charge in [0.1, 0.15) is 5.75 Å². The van der Waals surface area contributed by atoms with E-state index in [9.17, 15) is 4.79 Å². The van der Waals surface area contributed by atoms with Crippen molar-refractivity contribution in [1.29, 1.82) is 0 Å². The minimum atomic E-state index is -0.657. The Labute approximate surface area is 161 Å². The highest BCUT2D eigenvalue weighted by Gasteiger charge is 2.18. The molecular weight excluding hydrogens is 378 g/mol. The predicted molar refractivity (Wildman–Crippen MR) is 105 cm³/mol. The Morgan fingerprint density at radius 1 is 1.28 bits per heavy atom. The molecule has 1 heterocycles. The number of ether oxygens (including phenoxy) is 1. The molecule has 0 spiro atoms. The van der Waals surface area contributed by atoms with E-state index in [0.717, 1.165) is 21.2 Å². The summed E-state index contributed by atoms with van der Waals surface area (Å²) in [5.74, 6) is 1.90. The number of nitrogens with one attached hydrogen (secondary N) is 1. The van der Waals surface area contributed by atoms with Gasteiger partial charge in [-0.3, -0.25) is 10.1 Å². The van der Waals surface area contributed by atoms with Crippen LogP contribution in [0.2, 0.25) is 5.02 Å². The number of carbonyl (C=O) groups is 1. The van der Waals surface area contributed by atoms with Crippen LogP contribution in [0.1, 0.15) is 31.9 Å². The van der Waals surface area contributed by atoms with Gasteiger partial charge < -0.3 is 4.74 Å². The van der Waals surface area contributed by atoms with Crippen LogP contribution in [0.25, 0.3) is 0 Å². The number of aryl methyl sites for hydroxylation is 2. The van der Waals surface area contributed by atoms with Crippen LogP contribution in [-0.2, 0) is 4.79 Å². The van der Waals surface area contributed by atoms with E-state index in [1.165, 1.54) is 11.3 Å². The molecule has 0 radical (unpaired) electrons. The largest absolute Gasteiger partial charge is 0.481 e. The third kappa shape index (κ3) is 5.87. The predicted octanol–water partition coefficient (Wildman–Crippen LogP) is 4.96. The first-order chi connectivity index (χ1) is 11.8. The Morgan fingerprint density at radius 2 is 1.92 bits per heavy atom. The molecule has 136 valence electrons. The van der Waals surface area contributed by atoms with Crippen LogP contribution >= 0.6 is 34.7 Å². The number of benzene rings is 1. The summed E-state index contributed by atoms with van der Waals surface area (Å²) < 4.78 is 6.58. The average molecular weight is 400 g/mol. The van der Waals surface area contributed by atoms with E-state index >= 15 is 0 Å². The van der Waals surface area contributed by atoms with E-state index < -0.39 is 6.10 Å². The van der Waals surface area contributed by atoms with Gasteiger partial charge in [-0.25, -0.2) is 0 Å². The number of rotatable bonds is 7. The molecule has 1 atom stereocenters. The van der Waals surface area contributed by atoms with Crippen LogP contribution in [0, 0.1) is 19.8 Å². The van der Waals surface area contributed by atoms with Gasteiger partial charge in [-0.05, 0) is 49.9 Å². The lowest BCUT2D eigenvalue weighted by Gasteiger charge is -2.15. The zero-order chi connectivity index (χ0) is 18.6. The summed E-state index contributed by atoms with van der Waals surface area (Å²) in [5.41, 5.74) is 1.83. The number of nitrogens with zero attached hydrogens (tertiary/aromatic N) is 2. The van der Waals surface area contributed by atoms with Gasteiger partial charge in [-0.15, -0.1) is 10.2 Å². The van der Waals surface area contributed by atoms with Gasteiger partial charge in [-0.2, -0.15) is 0 Å². The normalized spacial score (nSPS) is 12.3. The van der Waals surface area contributed by atoms with Gasteiger partial charge in [0.05, 0.1) is 0 Å². The molecule has 0 saturated carbocycles. The van der Waals surface area contributed by atoms with Crippen molar-refractivity contribution in [2.45, 2.75) is 45.1 Å². The zero-order valence-electron chi connectivity index (χ0n) is 14.9. The fourth-order valence-corrected chi connectivity index (χ4v) is 3.84. The molecule has 2 rings (SSSR count). The Kier molecular flexibility index (Phi) is 7.10. The van der Waals surface area contributed by atoms with Crippen molar-refractivity contribution in [2.24, 2.45) is 5.92 Å². The van der Waals surface area contributed by atoms with E-state index in [4.69, 9.17) is 16.3 Å². The second-order valence-electron chi connectivity index (χ2n) is 6.20. The highest BCUT2D eigenvalue weighted by molar-refractivity contribution is 8.01. The molecular formula is C17H22ClN3O2S2. The maximum atomic E-state index is 12.3. The van der Waals surface area contributed by atoms with Crippen LogP contribution in [0.4, 0.5) is 5.13 Å². The molecule has 0 fully saturated rings. The Balaban J connectivity index is 1.94. The molecule has 1 amide bonds. The molecule has 1 N–H and O–H groups in total. The lowest BCUT2D eigenvalue weighted by molar-refractivity contribution is -0.122. The van der Waals surface area contributed by atoms with Gasteiger partial charge in [0.2, 0.25) is 5.13 Å². The standard InChI is InChI=1S/C17H22ClN3O2S2/c1-9(2)8-24-17-21-20-16(25-17)19-15(22)12(5)23-13-6-10(3)14(18)11(4)7-13/h6-7,9,12H,8H2,1-5H3,(H,19,20,22)/t12-/m1/s1. The summed E-state index contributed by atoms with van der Waals surface area (Å²) in [6, 6.07) is 3.65. The number of anilines is 1. The average Bonchev–Trinajstić information content (AvgIpc) is 2.98. The highest BCUT2D eigenvalue weighted by atomic mass is 35.5. The molecule has 0 aliphatic carbocycles. The maximum absolute atomic E-state index is 12.3. The third-order valence-corrected chi connectivity index (χ3v) is 6.26. The van der Waals surface area contributed by atoms with Crippen molar-refractivity contribution in [1.82, 2.24) is 10.2 Å². The van der Waals surface area contributed by atoms with Crippen LogP contribution in [0.15, 0.2) is 16.5 Å². The minimum absolute atomic E-state index is 0.262. The van der Waals surface area contributed by atoms with Crippen molar-refractivity contribution in [3.63, 3.8) is 0 Å². The maximum Gasteiger partial charge on any atom is 0.266 e. The number of hydrogen-bond acceptors (Lipinski definition) is 6. The van der Waals surface area contributed by atoms with E-state index in [-0.39, 0.29) is 5.91 Å². The summed E-state index contributed by atoms with van der Waals surface area (Å²) >= 11 is 9.16.